The first-order valence-corrected chi connectivity index (χ1v) is 7.85. The van der Waals surface area contributed by atoms with E-state index in [1.54, 1.807) is 24.3 Å². The van der Waals surface area contributed by atoms with Gasteiger partial charge in [0.05, 0.1) is 12.2 Å². The first-order valence-electron chi connectivity index (χ1n) is 7.47. The molecular weight excluding hydrogens is 371 g/mol. The highest BCUT2D eigenvalue weighted by Crippen LogP contribution is 2.30. The van der Waals surface area contributed by atoms with Gasteiger partial charge in [-0.25, -0.2) is 4.99 Å². The highest BCUT2D eigenvalue weighted by Gasteiger charge is 2.32. The zero-order valence-electron chi connectivity index (χ0n) is 13.7. The normalized spacial score (nSPS) is 14.6. The van der Waals surface area contributed by atoms with Gasteiger partial charge in [-0.1, -0.05) is 41.9 Å². The van der Waals surface area contributed by atoms with Crippen LogP contribution in [0.4, 0.5) is 18.9 Å². The van der Waals surface area contributed by atoms with E-state index in [4.69, 9.17) is 17.3 Å². The molecule has 9 heteroatoms. The third-order valence-electron chi connectivity index (χ3n) is 3.39. The average molecular weight is 388 g/mol. The summed E-state index contributed by atoms with van der Waals surface area (Å²) >= 11 is 6.06. The molecule has 2 rings (SSSR count). The Morgan fingerprint density at radius 2 is 1.81 bits per heavy atom. The summed E-state index contributed by atoms with van der Waals surface area (Å²) in [5.41, 5.74) is 4.76. The summed E-state index contributed by atoms with van der Waals surface area (Å²) in [5, 5.41) is 13.4. The minimum atomic E-state index is -4.84. The molecule has 0 heterocycles. The van der Waals surface area contributed by atoms with E-state index in [1.807, 2.05) is 0 Å². The molecule has 0 aromatic heterocycles. The van der Waals surface area contributed by atoms with Gasteiger partial charge in [0.25, 0.3) is 0 Å². The largest absolute Gasteiger partial charge is 0.573 e. The molecule has 1 unspecified atom stereocenters. The van der Waals surface area contributed by atoms with Gasteiger partial charge in [-0.05, 0) is 25.1 Å². The Balaban J connectivity index is 2.13. The molecule has 2 aromatic rings. The van der Waals surface area contributed by atoms with Crippen molar-refractivity contribution in [1.29, 1.82) is 0 Å². The van der Waals surface area contributed by atoms with Crippen molar-refractivity contribution in [2.75, 3.05) is 11.9 Å². The Labute approximate surface area is 153 Å². The standard InChI is InChI=1S/C17H17ClF3N3O2/c1-16(25,11-6-2-3-7-12(11)18)10-23-15(22)24-13-8-4-5-9-14(13)26-17(19,20)21/h2-9,25H,10H2,1H3,(H3,22,23,24). The lowest BCUT2D eigenvalue weighted by molar-refractivity contribution is -0.274. The summed E-state index contributed by atoms with van der Waals surface area (Å²) in [5.74, 6) is -0.633. The number of nitrogens with two attached hydrogens (primary N) is 1. The van der Waals surface area contributed by atoms with E-state index < -0.39 is 17.7 Å². The number of halogens is 4. The number of hydrogen-bond acceptors (Lipinski definition) is 3. The summed E-state index contributed by atoms with van der Waals surface area (Å²) in [4.78, 5) is 3.98. The van der Waals surface area contributed by atoms with Crippen LogP contribution in [0.5, 0.6) is 5.75 Å². The van der Waals surface area contributed by atoms with E-state index in [2.05, 4.69) is 15.0 Å². The minimum absolute atomic E-state index is 0.0107. The number of hydrogen-bond donors (Lipinski definition) is 3. The number of anilines is 1. The van der Waals surface area contributed by atoms with E-state index >= 15 is 0 Å². The third-order valence-corrected chi connectivity index (χ3v) is 3.72. The second kappa shape index (κ2) is 7.84. The Morgan fingerprint density at radius 1 is 1.19 bits per heavy atom. The fourth-order valence-electron chi connectivity index (χ4n) is 2.18. The number of para-hydroxylation sites is 2. The lowest BCUT2D eigenvalue weighted by Gasteiger charge is -2.23. The number of aliphatic imine (C=N–C) groups is 1. The van der Waals surface area contributed by atoms with Crippen molar-refractivity contribution in [3.8, 4) is 5.75 Å². The van der Waals surface area contributed by atoms with E-state index in [0.717, 1.165) is 6.07 Å². The summed E-state index contributed by atoms with van der Waals surface area (Å²) in [6.45, 7) is 1.35. The Hall–Kier alpha value is -2.45. The van der Waals surface area contributed by atoms with Gasteiger partial charge in [0.2, 0.25) is 0 Å². The van der Waals surface area contributed by atoms with Gasteiger partial charge in [0.15, 0.2) is 11.7 Å². The van der Waals surface area contributed by atoms with Crippen LogP contribution in [0.3, 0.4) is 0 Å². The molecule has 140 valence electrons. The van der Waals surface area contributed by atoms with Crippen LogP contribution in [0.25, 0.3) is 0 Å². The highest BCUT2D eigenvalue weighted by atomic mass is 35.5. The zero-order valence-corrected chi connectivity index (χ0v) is 14.5. The summed E-state index contributed by atoms with van der Waals surface area (Å²) in [6, 6.07) is 12.1. The van der Waals surface area contributed by atoms with Gasteiger partial charge in [-0.15, -0.1) is 13.2 Å². The number of guanidine groups is 1. The van der Waals surface area contributed by atoms with Crippen LogP contribution < -0.4 is 15.8 Å². The third kappa shape index (κ3) is 5.53. The predicted octanol–water partition coefficient (Wildman–Crippen LogP) is 3.87. The molecule has 5 nitrogen and oxygen atoms in total. The van der Waals surface area contributed by atoms with Crippen LogP contribution in [-0.4, -0.2) is 24.0 Å². The lowest BCUT2D eigenvalue weighted by atomic mass is 9.96. The molecule has 4 N–H and O–H groups in total. The second-order valence-electron chi connectivity index (χ2n) is 5.62. The molecule has 0 radical (unpaired) electrons. The van der Waals surface area contributed by atoms with Gasteiger partial charge in [-0.2, -0.15) is 0 Å². The van der Waals surface area contributed by atoms with Gasteiger partial charge in [0, 0.05) is 10.6 Å². The number of alkyl halides is 3. The molecule has 0 amide bonds. The fourth-order valence-corrected chi connectivity index (χ4v) is 2.52. The Morgan fingerprint density at radius 3 is 2.46 bits per heavy atom. The average Bonchev–Trinajstić information content (AvgIpc) is 2.54. The van der Waals surface area contributed by atoms with E-state index in [0.29, 0.717) is 10.6 Å². The minimum Gasteiger partial charge on any atom is -0.404 e. The molecule has 0 saturated carbocycles. The van der Waals surface area contributed by atoms with Gasteiger partial charge in [-0.3, -0.25) is 0 Å². The number of benzene rings is 2. The maximum absolute atomic E-state index is 12.4. The monoisotopic (exact) mass is 387 g/mol. The number of nitrogens with zero attached hydrogens (tertiary/aromatic N) is 1. The molecule has 0 aliphatic rings. The molecule has 1 atom stereocenters. The van der Waals surface area contributed by atoms with E-state index in [-0.39, 0.29) is 18.2 Å². The molecule has 2 aromatic carbocycles. The SMILES string of the molecule is CC(O)(CN=C(N)Nc1ccccc1OC(F)(F)F)c1ccccc1Cl. The number of ether oxygens (including phenoxy) is 1. The highest BCUT2D eigenvalue weighted by molar-refractivity contribution is 6.31. The Kier molecular flexibility index (Phi) is 5.99. The quantitative estimate of drug-likeness (QED) is 0.537. The van der Waals surface area contributed by atoms with Crippen molar-refractivity contribution in [2.45, 2.75) is 18.9 Å². The smallest absolute Gasteiger partial charge is 0.404 e. The maximum atomic E-state index is 12.4. The summed E-state index contributed by atoms with van der Waals surface area (Å²) in [7, 11) is 0. The molecule has 0 fully saturated rings. The molecule has 0 bridgehead atoms. The van der Waals surface area contributed by atoms with Gasteiger partial charge >= 0.3 is 6.36 Å². The number of aliphatic hydroxyl groups is 1. The van der Waals surface area contributed by atoms with Gasteiger partial charge < -0.3 is 20.9 Å². The van der Waals surface area contributed by atoms with Crippen molar-refractivity contribution in [1.82, 2.24) is 0 Å². The first-order chi connectivity index (χ1) is 12.1. The van der Waals surface area contributed by atoms with Crippen molar-refractivity contribution in [3.05, 3.63) is 59.1 Å². The van der Waals surface area contributed by atoms with Crippen LogP contribution in [0.15, 0.2) is 53.5 Å². The van der Waals surface area contributed by atoms with Crippen LogP contribution in [0, 0.1) is 0 Å². The Bertz CT molecular complexity index is 795. The van der Waals surface area contributed by atoms with E-state index in [1.165, 1.54) is 25.1 Å². The zero-order chi connectivity index (χ0) is 19.4. The topological polar surface area (TPSA) is 79.9 Å². The number of nitrogens with one attached hydrogen (secondary N) is 1. The number of rotatable bonds is 5. The lowest BCUT2D eigenvalue weighted by Crippen LogP contribution is -2.30. The van der Waals surface area contributed by atoms with Crippen LogP contribution >= 0.6 is 11.6 Å². The van der Waals surface area contributed by atoms with Crippen LogP contribution in [-0.2, 0) is 5.60 Å². The maximum Gasteiger partial charge on any atom is 0.573 e. The predicted molar refractivity (Wildman–Crippen MR) is 94.3 cm³/mol. The molecule has 0 aliphatic carbocycles. The summed E-state index contributed by atoms with van der Waals surface area (Å²) < 4.78 is 41.2. The fraction of sp³-hybridized carbons (Fsp3) is 0.235. The van der Waals surface area contributed by atoms with E-state index in [9.17, 15) is 18.3 Å². The summed E-state index contributed by atoms with van der Waals surface area (Å²) in [6.07, 6.45) is -4.84. The van der Waals surface area contributed by atoms with Crippen molar-refractivity contribution in [2.24, 2.45) is 10.7 Å². The molecule has 0 saturated heterocycles. The van der Waals surface area contributed by atoms with Crippen molar-refractivity contribution < 1.29 is 23.0 Å². The van der Waals surface area contributed by atoms with Gasteiger partial charge in [0.1, 0.15) is 5.60 Å². The van der Waals surface area contributed by atoms with Crippen LogP contribution in [0.2, 0.25) is 5.02 Å². The molecule has 26 heavy (non-hydrogen) atoms. The second-order valence-corrected chi connectivity index (χ2v) is 6.03. The van der Waals surface area contributed by atoms with Crippen molar-refractivity contribution in [3.63, 3.8) is 0 Å². The molecular formula is C17H17ClF3N3O2. The molecule has 0 aliphatic heterocycles. The first kappa shape index (κ1) is 19.9. The van der Waals surface area contributed by atoms with Crippen molar-refractivity contribution >= 4 is 23.2 Å². The van der Waals surface area contributed by atoms with Crippen LogP contribution in [0.1, 0.15) is 12.5 Å². The molecule has 0 spiro atoms.